The van der Waals surface area contributed by atoms with Crippen molar-refractivity contribution in [2.24, 2.45) is 0 Å². The molecule has 0 amide bonds. The number of methoxy groups -OCH3 is 3. The SMILES string of the molecule is COc1cc2c(c(S)c1OC)-c1ccc(OC)c(=O)cc1[C@@H](CC(C)=O)CC2. The molecule has 3 rings (SSSR count). The number of hydrogen-bond donors (Lipinski definition) is 1. The summed E-state index contributed by atoms with van der Waals surface area (Å²) in [5.74, 6) is 1.45. The van der Waals surface area contributed by atoms with Crippen molar-refractivity contribution in [3.63, 3.8) is 0 Å². The lowest BCUT2D eigenvalue weighted by Gasteiger charge is -2.18. The summed E-state index contributed by atoms with van der Waals surface area (Å²) in [6.07, 6.45) is 1.86. The molecule has 6 heteroatoms. The topological polar surface area (TPSA) is 61.8 Å². The number of fused-ring (bicyclic) bond motifs is 3. The number of benzene rings is 1. The molecule has 0 spiro atoms. The van der Waals surface area contributed by atoms with Crippen LogP contribution in [0.2, 0.25) is 0 Å². The molecule has 0 bridgehead atoms. The van der Waals surface area contributed by atoms with Crippen LogP contribution in [0.15, 0.2) is 34.0 Å². The Balaban J connectivity index is 2.38. The first kappa shape index (κ1) is 20.3. The van der Waals surface area contributed by atoms with Gasteiger partial charge in [0.1, 0.15) is 5.78 Å². The van der Waals surface area contributed by atoms with Crippen molar-refractivity contribution in [1.29, 1.82) is 0 Å². The zero-order valence-corrected chi connectivity index (χ0v) is 17.4. The molecule has 0 aliphatic heterocycles. The van der Waals surface area contributed by atoms with Crippen molar-refractivity contribution >= 4 is 18.4 Å². The number of rotatable bonds is 5. The van der Waals surface area contributed by atoms with E-state index in [0.29, 0.717) is 22.8 Å². The van der Waals surface area contributed by atoms with Crippen LogP contribution >= 0.6 is 12.6 Å². The highest BCUT2D eigenvalue weighted by Gasteiger charge is 2.28. The first-order valence-electron chi connectivity index (χ1n) is 9.10. The van der Waals surface area contributed by atoms with Gasteiger partial charge in [0.25, 0.3) is 0 Å². The summed E-state index contributed by atoms with van der Waals surface area (Å²) in [5, 5.41) is 0. The summed E-state index contributed by atoms with van der Waals surface area (Å²) in [5.41, 5.74) is 3.45. The summed E-state index contributed by atoms with van der Waals surface area (Å²) >= 11 is 4.74. The average molecular weight is 400 g/mol. The number of aryl methyl sites for hydroxylation is 1. The fourth-order valence-electron chi connectivity index (χ4n) is 3.93. The van der Waals surface area contributed by atoms with E-state index in [-0.39, 0.29) is 22.9 Å². The molecule has 1 aliphatic rings. The number of thiol groups is 1. The summed E-state index contributed by atoms with van der Waals surface area (Å²) in [4.78, 5) is 25.2. The Morgan fingerprint density at radius 2 is 1.82 bits per heavy atom. The van der Waals surface area contributed by atoms with Gasteiger partial charge < -0.3 is 19.0 Å². The van der Waals surface area contributed by atoms with Gasteiger partial charge in [0.2, 0.25) is 5.43 Å². The molecule has 0 radical (unpaired) electrons. The van der Waals surface area contributed by atoms with Crippen molar-refractivity contribution in [3.8, 4) is 28.4 Å². The van der Waals surface area contributed by atoms with Crippen LogP contribution in [0.1, 0.15) is 36.8 Å². The molecule has 28 heavy (non-hydrogen) atoms. The van der Waals surface area contributed by atoms with Crippen molar-refractivity contribution in [2.75, 3.05) is 21.3 Å². The van der Waals surface area contributed by atoms with Crippen LogP contribution in [0.5, 0.6) is 17.2 Å². The zero-order chi connectivity index (χ0) is 20.4. The van der Waals surface area contributed by atoms with Gasteiger partial charge in [-0.2, -0.15) is 0 Å². The smallest absolute Gasteiger partial charge is 0.220 e. The number of carbonyl (C=O) groups is 1. The fourth-order valence-corrected chi connectivity index (χ4v) is 4.40. The van der Waals surface area contributed by atoms with Crippen molar-refractivity contribution in [1.82, 2.24) is 0 Å². The monoisotopic (exact) mass is 400 g/mol. The van der Waals surface area contributed by atoms with Crippen molar-refractivity contribution < 1.29 is 19.0 Å². The molecule has 0 unspecified atom stereocenters. The number of carbonyl (C=O) groups excluding carboxylic acids is 1. The zero-order valence-electron chi connectivity index (χ0n) is 16.5. The van der Waals surface area contributed by atoms with E-state index >= 15 is 0 Å². The Bertz CT molecular complexity index is 983. The van der Waals surface area contributed by atoms with Crippen molar-refractivity contribution in [2.45, 2.75) is 37.0 Å². The van der Waals surface area contributed by atoms with Crippen LogP contribution in [-0.4, -0.2) is 27.1 Å². The Morgan fingerprint density at radius 1 is 1.11 bits per heavy atom. The summed E-state index contributed by atoms with van der Waals surface area (Å²) < 4.78 is 16.2. The summed E-state index contributed by atoms with van der Waals surface area (Å²) in [6, 6.07) is 7.10. The molecule has 2 aromatic carbocycles. The molecule has 0 saturated carbocycles. The Hall–Kier alpha value is -2.47. The van der Waals surface area contributed by atoms with Gasteiger partial charge >= 0.3 is 0 Å². The molecule has 2 aromatic rings. The molecule has 0 fully saturated rings. The van der Waals surface area contributed by atoms with Gasteiger partial charge in [-0.15, -0.1) is 12.6 Å². The van der Waals surface area contributed by atoms with E-state index in [4.69, 9.17) is 26.8 Å². The second kappa shape index (κ2) is 8.27. The molecule has 0 saturated heterocycles. The van der Waals surface area contributed by atoms with E-state index in [1.165, 1.54) is 7.11 Å². The highest BCUT2D eigenvalue weighted by atomic mass is 32.1. The first-order chi connectivity index (χ1) is 13.4. The lowest BCUT2D eigenvalue weighted by molar-refractivity contribution is -0.117. The Kier molecular flexibility index (Phi) is 5.98. The highest BCUT2D eigenvalue weighted by Crippen LogP contribution is 2.48. The van der Waals surface area contributed by atoms with Gasteiger partial charge in [-0.25, -0.2) is 0 Å². The lowest BCUT2D eigenvalue weighted by Crippen LogP contribution is -2.08. The van der Waals surface area contributed by atoms with Crippen molar-refractivity contribution in [3.05, 3.63) is 45.6 Å². The van der Waals surface area contributed by atoms with Gasteiger partial charge in [-0.1, -0.05) is 6.07 Å². The van der Waals surface area contributed by atoms with E-state index in [9.17, 15) is 9.59 Å². The number of Topliss-reactive ketones (excluding diaryl/α,β-unsaturated/α-hetero) is 1. The van der Waals surface area contributed by atoms with E-state index < -0.39 is 0 Å². The van der Waals surface area contributed by atoms with Crippen LogP contribution < -0.4 is 19.6 Å². The minimum atomic E-state index is -0.207. The Labute approximate surface area is 170 Å². The third-order valence-corrected chi connectivity index (χ3v) is 5.62. The molecule has 1 aliphatic carbocycles. The van der Waals surface area contributed by atoms with Gasteiger partial charge in [-0.05, 0) is 60.6 Å². The minimum absolute atomic E-state index is 0.0607. The normalized spacial score (nSPS) is 15.1. The first-order valence-corrected chi connectivity index (χ1v) is 9.54. The average Bonchev–Trinajstić information content (AvgIpc) is 2.90. The minimum Gasteiger partial charge on any atom is -0.493 e. The van der Waals surface area contributed by atoms with E-state index in [1.54, 1.807) is 33.3 Å². The predicted octanol–water partition coefficient (Wildman–Crippen LogP) is 4.04. The fraction of sp³-hybridized carbons (Fsp3) is 0.364. The Morgan fingerprint density at radius 3 is 2.43 bits per heavy atom. The largest absolute Gasteiger partial charge is 0.493 e. The molecular formula is C22H24O5S. The molecule has 0 aromatic heterocycles. The number of ketones is 1. The van der Waals surface area contributed by atoms with Gasteiger partial charge in [-0.3, -0.25) is 4.79 Å². The standard InChI is InChI=1S/C22H24O5S/c1-12(23)9-13-5-6-14-10-19(26-3)21(27-4)22(28)20(14)15-7-8-18(25-2)17(24)11-16(13)15/h7-8,10-11,13,28H,5-6,9H2,1-4H3/t13-/m1/s1. The van der Waals surface area contributed by atoms with Crippen LogP contribution in [0.4, 0.5) is 0 Å². The molecule has 0 N–H and O–H groups in total. The van der Waals surface area contributed by atoms with Gasteiger partial charge in [0, 0.05) is 12.0 Å². The van der Waals surface area contributed by atoms with Gasteiger partial charge in [0.15, 0.2) is 17.2 Å². The predicted molar refractivity (Wildman–Crippen MR) is 111 cm³/mol. The van der Waals surface area contributed by atoms with Crippen LogP contribution in [0.25, 0.3) is 11.1 Å². The molecule has 5 nitrogen and oxygen atoms in total. The van der Waals surface area contributed by atoms with Gasteiger partial charge in [0.05, 0.1) is 26.2 Å². The maximum absolute atomic E-state index is 12.6. The van der Waals surface area contributed by atoms with Crippen LogP contribution in [-0.2, 0) is 11.2 Å². The quantitative estimate of drug-likeness (QED) is 0.768. The van der Waals surface area contributed by atoms with E-state index in [2.05, 4.69) is 0 Å². The van der Waals surface area contributed by atoms with E-state index in [1.807, 2.05) is 12.1 Å². The molecule has 0 heterocycles. The number of hydrogen-bond acceptors (Lipinski definition) is 6. The third-order valence-electron chi connectivity index (χ3n) is 5.19. The summed E-state index contributed by atoms with van der Waals surface area (Å²) in [6.45, 7) is 1.58. The second-order valence-electron chi connectivity index (χ2n) is 6.92. The lowest BCUT2D eigenvalue weighted by atomic mass is 9.89. The third kappa shape index (κ3) is 3.61. The summed E-state index contributed by atoms with van der Waals surface area (Å²) in [7, 11) is 4.64. The number of ether oxygens (including phenoxy) is 3. The van der Waals surface area contributed by atoms with Crippen LogP contribution in [0, 0.1) is 0 Å². The molecule has 1 atom stereocenters. The molecular weight excluding hydrogens is 376 g/mol. The van der Waals surface area contributed by atoms with E-state index in [0.717, 1.165) is 35.1 Å². The molecule has 148 valence electrons. The maximum Gasteiger partial charge on any atom is 0.220 e. The second-order valence-corrected chi connectivity index (χ2v) is 7.36. The van der Waals surface area contributed by atoms with Crippen LogP contribution in [0.3, 0.4) is 0 Å². The maximum atomic E-state index is 12.6. The highest BCUT2D eigenvalue weighted by molar-refractivity contribution is 7.80.